The van der Waals surface area contributed by atoms with E-state index in [1.165, 1.54) is 6.20 Å². The van der Waals surface area contributed by atoms with Crippen LogP contribution in [0.5, 0.6) is 0 Å². The smallest absolute Gasteiger partial charge is 0.341 e. The summed E-state index contributed by atoms with van der Waals surface area (Å²) in [4.78, 5) is 21.8. The third-order valence-electron chi connectivity index (χ3n) is 2.43. The molecule has 6 heteroatoms. The highest BCUT2D eigenvalue weighted by atomic mass is 16.5. The summed E-state index contributed by atoms with van der Waals surface area (Å²) < 4.78 is 4.92. The summed E-state index contributed by atoms with van der Waals surface area (Å²) >= 11 is 0. The first-order valence-electron chi connectivity index (χ1n) is 6.19. The first kappa shape index (κ1) is 15.4. The van der Waals surface area contributed by atoms with E-state index in [-0.39, 0.29) is 0 Å². The van der Waals surface area contributed by atoms with Crippen LogP contribution < -0.4 is 4.90 Å². The molecule has 1 heterocycles. The third-order valence-corrected chi connectivity index (χ3v) is 2.43. The summed E-state index contributed by atoms with van der Waals surface area (Å²) in [7, 11) is 1.79. The van der Waals surface area contributed by atoms with Gasteiger partial charge in [0.05, 0.1) is 23.5 Å². The maximum Gasteiger partial charge on any atom is 0.341 e. The molecule has 0 spiro atoms. The van der Waals surface area contributed by atoms with Gasteiger partial charge in [-0.15, -0.1) is 0 Å². The van der Waals surface area contributed by atoms with Gasteiger partial charge in [-0.25, -0.2) is 14.8 Å². The lowest BCUT2D eigenvalue weighted by molar-refractivity contribution is 0.0524. The largest absolute Gasteiger partial charge is 0.462 e. The van der Waals surface area contributed by atoms with E-state index in [1.807, 2.05) is 0 Å². The number of aryl methyl sites for hydroxylation is 1. The van der Waals surface area contributed by atoms with Gasteiger partial charge in [-0.2, -0.15) is 0 Å². The molecule has 1 rings (SSSR count). The standard InChI is InChI=1S/C13H21N3O3/c1-6-19-11(17)10-7-14-12(15-9(10)2)16(5)8-13(3,4)18/h7,18H,6,8H2,1-5H3. The van der Waals surface area contributed by atoms with Crippen molar-refractivity contribution in [2.45, 2.75) is 33.3 Å². The zero-order valence-electron chi connectivity index (χ0n) is 12.1. The molecule has 0 bridgehead atoms. The number of aromatic nitrogens is 2. The number of likely N-dealkylation sites (N-methyl/N-ethyl adjacent to an activating group) is 1. The number of rotatable bonds is 5. The molecule has 1 aromatic heterocycles. The summed E-state index contributed by atoms with van der Waals surface area (Å²) in [5.41, 5.74) is 0.0829. The normalized spacial score (nSPS) is 11.3. The second kappa shape index (κ2) is 5.97. The fourth-order valence-electron chi connectivity index (χ4n) is 1.70. The zero-order chi connectivity index (χ0) is 14.6. The number of hydrogen-bond acceptors (Lipinski definition) is 6. The average Bonchev–Trinajstić information content (AvgIpc) is 2.26. The van der Waals surface area contributed by atoms with E-state index in [0.29, 0.717) is 30.4 Å². The summed E-state index contributed by atoms with van der Waals surface area (Å²) in [6.07, 6.45) is 1.45. The highest BCUT2D eigenvalue weighted by Crippen LogP contribution is 2.13. The molecule has 0 unspecified atom stereocenters. The van der Waals surface area contributed by atoms with Crippen LogP contribution in [-0.4, -0.2) is 46.8 Å². The molecule has 6 nitrogen and oxygen atoms in total. The molecular weight excluding hydrogens is 246 g/mol. The Bertz CT molecular complexity index is 455. The quantitative estimate of drug-likeness (QED) is 0.807. The van der Waals surface area contributed by atoms with Crippen LogP contribution in [0.3, 0.4) is 0 Å². The van der Waals surface area contributed by atoms with Crippen molar-refractivity contribution in [3.63, 3.8) is 0 Å². The number of anilines is 1. The molecule has 0 aromatic carbocycles. The van der Waals surface area contributed by atoms with E-state index in [4.69, 9.17) is 4.74 Å². The SMILES string of the molecule is CCOC(=O)c1cnc(N(C)CC(C)(C)O)nc1C. The summed E-state index contributed by atoms with van der Waals surface area (Å²) in [6, 6.07) is 0. The molecule has 0 atom stereocenters. The predicted octanol–water partition coefficient (Wildman–Crippen LogP) is 1.17. The van der Waals surface area contributed by atoms with Gasteiger partial charge in [-0.05, 0) is 27.7 Å². The molecule has 0 amide bonds. The average molecular weight is 267 g/mol. The highest BCUT2D eigenvalue weighted by Gasteiger charge is 2.19. The number of hydrogen-bond donors (Lipinski definition) is 1. The van der Waals surface area contributed by atoms with E-state index in [0.717, 1.165) is 0 Å². The molecule has 0 saturated heterocycles. The van der Waals surface area contributed by atoms with Crippen molar-refractivity contribution in [1.82, 2.24) is 9.97 Å². The van der Waals surface area contributed by atoms with Gasteiger partial charge in [0.1, 0.15) is 0 Å². The van der Waals surface area contributed by atoms with Crippen molar-refractivity contribution < 1.29 is 14.6 Å². The van der Waals surface area contributed by atoms with Gasteiger partial charge < -0.3 is 14.7 Å². The number of carbonyl (C=O) groups excluding carboxylic acids is 1. The lowest BCUT2D eigenvalue weighted by atomic mass is 10.1. The molecule has 0 aliphatic carbocycles. The number of ether oxygens (including phenoxy) is 1. The zero-order valence-corrected chi connectivity index (χ0v) is 12.1. The van der Waals surface area contributed by atoms with Crippen molar-refractivity contribution in [2.24, 2.45) is 0 Å². The Morgan fingerprint density at radius 3 is 2.63 bits per heavy atom. The number of esters is 1. The second-order valence-electron chi connectivity index (χ2n) is 5.06. The van der Waals surface area contributed by atoms with Crippen LogP contribution in [0.25, 0.3) is 0 Å². The topological polar surface area (TPSA) is 75.5 Å². The Morgan fingerprint density at radius 1 is 1.53 bits per heavy atom. The predicted molar refractivity (Wildman–Crippen MR) is 72.3 cm³/mol. The van der Waals surface area contributed by atoms with E-state index < -0.39 is 11.6 Å². The van der Waals surface area contributed by atoms with E-state index >= 15 is 0 Å². The number of carbonyl (C=O) groups is 1. The van der Waals surface area contributed by atoms with E-state index in [2.05, 4.69) is 9.97 Å². The van der Waals surface area contributed by atoms with E-state index in [9.17, 15) is 9.90 Å². The van der Waals surface area contributed by atoms with Gasteiger partial charge in [0.25, 0.3) is 0 Å². The van der Waals surface area contributed by atoms with Crippen molar-refractivity contribution in [2.75, 3.05) is 25.1 Å². The lowest BCUT2D eigenvalue weighted by Crippen LogP contribution is -2.37. The van der Waals surface area contributed by atoms with Gasteiger partial charge in [0.15, 0.2) is 0 Å². The van der Waals surface area contributed by atoms with Gasteiger partial charge in [0.2, 0.25) is 5.95 Å². The third kappa shape index (κ3) is 4.48. The molecule has 1 aromatic rings. The van der Waals surface area contributed by atoms with E-state index in [1.54, 1.807) is 39.6 Å². The molecule has 0 aliphatic heterocycles. The van der Waals surface area contributed by atoms with Crippen LogP contribution in [0.2, 0.25) is 0 Å². The minimum Gasteiger partial charge on any atom is -0.462 e. The molecule has 106 valence electrons. The van der Waals surface area contributed by atoms with Crippen molar-refractivity contribution in [3.8, 4) is 0 Å². The van der Waals surface area contributed by atoms with Gasteiger partial charge in [0, 0.05) is 19.8 Å². The molecule has 0 fully saturated rings. The number of aliphatic hydroxyl groups is 1. The summed E-state index contributed by atoms with van der Waals surface area (Å²) in [5, 5.41) is 9.76. The van der Waals surface area contributed by atoms with Crippen molar-refractivity contribution in [3.05, 3.63) is 17.5 Å². The van der Waals surface area contributed by atoms with Crippen LogP contribution in [0.15, 0.2) is 6.20 Å². The minimum atomic E-state index is -0.841. The second-order valence-corrected chi connectivity index (χ2v) is 5.06. The van der Waals surface area contributed by atoms with Crippen LogP contribution in [-0.2, 0) is 4.74 Å². The van der Waals surface area contributed by atoms with Crippen LogP contribution in [0.4, 0.5) is 5.95 Å². The first-order valence-corrected chi connectivity index (χ1v) is 6.19. The Hall–Kier alpha value is -1.69. The minimum absolute atomic E-state index is 0.318. The summed E-state index contributed by atoms with van der Waals surface area (Å²) in [5.74, 6) is 0.0457. The maximum absolute atomic E-state index is 11.6. The molecule has 0 radical (unpaired) electrons. The fourth-order valence-corrected chi connectivity index (χ4v) is 1.70. The molecule has 19 heavy (non-hydrogen) atoms. The first-order chi connectivity index (χ1) is 8.74. The lowest BCUT2D eigenvalue weighted by Gasteiger charge is -2.25. The van der Waals surface area contributed by atoms with Crippen LogP contribution in [0, 0.1) is 6.92 Å². The highest BCUT2D eigenvalue weighted by molar-refractivity contribution is 5.90. The molecule has 1 N–H and O–H groups in total. The van der Waals surface area contributed by atoms with Crippen molar-refractivity contribution >= 4 is 11.9 Å². The Labute approximate surface area is 113 Å². The summed E-state index contributed by atoms with van der Waals surface area (Å²) in [6.45, 7) is 7.62. The fraction of sp³-hybridized carbons (Fsp3) is 0.615. The number of nitrogens with zero attached hydrogens (tertiary/aromatic N) is 3. The Morgan fingerprint density at radius 2 is 2.16 bits per heavy atom. The van der Waals surface area contributed by atoms with Crippen molar-refractivity contribution in [1.29, 1.82) is 0 Å². The Balaban J connectivity index is 2.90. The van der Waals surface area contributed by atoms with Crippen LogP contribution >= 0.6 is 0 Å². The Kier molecular flexibility index (Phi) is 4.83. The van der Waals surface area contributed by atoms with Crippen LogP contribution in [0.1, 0.15) is 36.8 Å². The maximum atomic E-state index is 11.6. The van der Waals surface area contributed by atoms with Gasteiger partial charge in [-0.3, -0.25) is 0 Å². The molecule has 0 aliphatic rings. The monoisotopic (exact) mass is 267 g/mol. The van der Waals surface area contributed by atoms with Gasteiger partial charge >= 0.3 is 5.97 Å². The molecule has 0 saturated carbocycles. The molecular formula is C13H21N3O3. The van der Waals surface area contributed by atoms with Gasteiger partial charge in [-0.1, -0.05) is 0 Å².